The van der Waals surface area contributed by atoms with Gasteiger partial charge in [-0.05, 0) is 38.9 Å². The van der Waals surface area contributed by atoms with E-state index in [0.29, 0.717) is 6.04 Å². The number of hydrogen-bond donors (Lipinski definition) is 1. The van der Waals surface area contributed by atoms with E-state index in [1.807, 2.05) is 0 Å². The third kappa shape index (κ3) is 2.10. The summed E-state index contributed by atoms with van der Waals surface area (Å²) in [5, 5.41) is 3.45. The van der Waals surface area contributed by atoms with Crippen LogP contribution in [0.25, 0.3) is 0 Å². The molecule has 0 aliphatic carbocycles. The molecule has 0 aromatic rings. The van der Waals surface area contributed by atoms with E-state index in [1.54, 1.807) is 0 Å². The molecule has 2 saturated heterocycles. The Hall–Kier alpha value is -0.120. The Morgan fingerprint density at radius 1 is 1.36 bits per heavy atom. The summed E-state index contributed by atoms with van der Waals surface area (Å²) in [7, 11) is 2.27. The van der Waals surface area contributed by atoms with Crippen molar-refractivity contribution in [2.75, 3.05) is 33.4 Å². The van der Waals surface area contributed by atoms with Gasteiger partial charge in [0.25, 0.3) is 0 Å². The highest BCUT2D eigenvalue weighted by Gasteiger charge is 2.30. The van der Waals surface area contributed by atoms with E-state index in [2.05, 4.69) is 24.2 Å². The fraction of sp³-hybridized carbons (Fsp3) is 1.00. The first-order valence-corrected chi connectivity index (χ1v) is 5.79. The van der Waals surface area contributed by atoms with Gasteiger partial charge < -0.3 is 10.1 Å². The fourth-order valence-electron chi connectivity index (χ4n) is 2.72. The van der Waals surface area contributed by atoms with Gasteiger partial charge in [-0.25, -0.2) is 0 Å². The quantitative estimate of drug-likeness (QED) is 0.707. The molecule has 3 atom stereocenters. The van der Waals surface area contributed by atoms with Crippen molar-refractivity contribution in [3.8, 4) is 0 Å². The molecule has 0 radical (unpaired) electrons. The largest absolute Gasteiger partial charge is 0.380 e. The smallest absolute Gasteiger partial charge is 0.0622 e. The van der Waals surface area contributed by atoms with E-state index >= 15 is 0 Å². The highest BCUT2D eigenvalue weighted by atomic mass is 16.5. The van der Waals surface area contributed by atoms with Crippen LogP contribution in [0.1, 0.15) is 19.8 Å². The lowest BCUT2D eigenvalue weighted by molar-refractivity contribution is 0.0897. The Kier molecular flexibility index (Phi) is 3.42. The van der Waals surface area contributed by atoms with E-state index in [-0.39, 0.29) is 0 Å². The van der Waals surface area contributed by atoms with Crippen LogP contribution in [0.5, 0.6) is 0 Å². The molecule has 14 heavy (non-hydrogen) atoms. The van der Waals surface area contributed by atoms with Crippen LogP contribution in [-0.2, 0) is 4.74 Å². The predicted molar refractivity (Wildman–Crippen MR) is 57.4 cm³/mol. The van der Waals surface area contributed by atoms with Crippen LogP contribution in [0.3, 0.4) is 0 Å². The van der Waals surface area contributed by atoms with Crippen molar-refractivity contribution in [3.63, 3.8) is 0 Å². The number of piperidine rings is 1. The van der Waals surface area contributed by atoms with Crippen LogP contribution >= 0.6 is 0 Å². The Balaban J connectivity index is 1.91. The van der Waals surface area contributed by atoms with Crippen molar-refractivity contribution >= 4 is 0 Å². The average Bonchev–Trinajstić information content (AvgIpc) is 2.70. The molecular formula is C11H22N2O. The molecule has 0 saturated carbocycles. The van der Waals surface area contributed by atoms with Gasteiger partial charge in [0.2, 0.25) is 0 Å². The SMILES string of the molecule is CC1CNCCC1N(C)C1CCOC1. The van der Waals surface area contributed by atoms with Crippen molar-refractivity contribution < 1.29 is 4.74 Å². The predicted octanol–water partition coefficient (Wildman–Crippen LogP) is 0.705. The lowest BCUT2D eigenvalue weighted by atomic mass is 9.93. The summed E-state index contributed by atoms with van der Waals surface area (Å²) in [6.07, 6.45) is 2.50. The van der Waals surface area contributed by atoms with Crippen LogP contribution in [0.4, 0.5) is 0 Å². The molecule has 0 amide bonds. The normalized spacial score (nSPS) is 39.2. The van der Waals surface area contributed by atoms with Gasteiger partial charge in [-0.1, -0.05) is 6.92 Å². The Morgan fingerprint density at radius 2 is 2.21 bits per heavy atom. The van der Waals surface area contributed by atoms with Gasteiger partial charge in [0.15, 0.2) is 0 Å². The lowest BCUT2D eigenvalue weighted by Crippen LogP contribution is -2.50. The van der Waals surface area contributed by atoms with E-state index in [1.165, 1.54) is 25.9 Å². The van der Waals surface area contributed by atoms with Crippen LogP contribution in [-0.4, -0.2) is 50.3 Å². The summed E-state index contributed by atoms with van der Waals surface area (Å²) in [5.41, 5.74) is 0. The number of likely N-dealkylation sites (N-methyl/N-ethyl adjacent to an activating group) is 1. The van der Waals surface area contributed by atoms with Crippen molar-refractivity contribution in [2.45, 2.75) is 31.8 Å². The molecule has 2 aliphatic rings. The molecule has 0 aromatic heterocycles. The van der Waals surface area contributed by atoms with Crippen molar-refractivity contribution in [1.29, 1.82) is 0 Å². The summed E-state index contributed by atoms with van der Waals surface area (Å²) in [4.78, 5) is 2.55. The average molecular weight is 198 g/mol. The molecule has 2 aliphatic heterocycles. The second-order valence-corrected chi connectivity index (χ2v) is 4.72. The van der Waals surface area contributed by atoms with Gasteiger partial charge >= 0.3 is 0 Å². The van der Waals surface area contributed by atoms with Crippen LogP contribution in [0.2, 0.25) is 0 Å². The van der Waals surface area contributed by atoms with Gasteiger partial charge in [0.1, 0.15) is 0 Å². The maximum absolute atomic E-state index is 5.45. The van der Waals surface area contributed by atoms with Crippen molar-refractivity contribution in [3.05, 3.63) is 0 Å². The van der Waals surface area contributed by atoms with Gasteiger partial charge in [0.05, 0.1) is 6.61 Å². The lowest BCUT2D eigenvalue weighted by Gasteiger charge is -2.39. The fourth-order valence-corrected chi connectivity index (χ4v) is 2.72. The minimum atomic E-state index is 0.667. The summed E-state index contributed by atoms with van der Waals surface area (Å²) in [6.45, 7) is 6.58. The molecule has 0 aromatic carbocycles. The standard InChI is InChI=1S/C11H22N2O/c1-9-7-12-5-3-11(9)13(2)10-4-6-14-8-10/h9-12H,3-8H2,1-2H3. The molecule has 1 N–H and O–H groups in total. The third-order valence-corrected chi connectivity index (χ3v) is 3.74. The first-order valence-electron chi connectivity index (χ1n) is 5.79. The Bertz CT molecular complexity index is 180. The second-order valence-electron chi connectivity index (χ2n) is 4.72. The number of ether oxygens (including phenoxy) is 1. The minimum absolute atomic E-state index is 0.667. The maximum Gasteiger partial charge on any atom is 0.0622 e. The highest BCUT2D eigenvalue weighted by Crippen LogP contribution is 2.21. The van der Waals surface area contributed by atoms with Gasteiger partial charge in [-0.3, -0.25) is 4.90 Å². The molecule has 0 spiro atoms. The summed E-state index contributed by atoms with van der Waals surface area (Å²) in [6, 6.07) is 1.42. The summed E-state index contributed by atoms with van der Waals surface area (Å²) < 4.78 is 5.45. The number of nitrogens with zero attached hydrogens (tertiary/aromatic N) is 1. The van der Waals surface area contributed by atoms with E-state index in [4.69, 9.17) is 4.74 Å². The molecule has 2 fully saturated rings. The van der Waals surface area contributed by atoms with E-state index in [0.717, 1.165) is 25.2 Å². The van der Waals surface area contributed by atoms with E-state index < -0.39 is 0 Å². The first kappa shape index (κ1) is 10.4. The molecule has 0 bridgehead atoms. The zero-order valence-corrected chi connectivity index (χ0v) is 9.33. The Morgan fingerprint density at radius 3 is 2.86 bits per heavy atom. The first-order chi connectivity index (χ1) is 6.79. The number of rotatable bonds is 2. The zero-order chi connectivity index (χ0) is 9.97. The van der Waals surface area contributed by atoms with Crippen LogP contribution < -0.4 is 5.32 Å². The molecule has 82 valence electrons. The van der Waals surface area contributed by atoms with Crippen molar-refractivity contribution in [1.82, 2.24) is 10.2 Å². The number of nitrogens with one attached hydrogen (secondary N) is 1. The van der Waals surface area contributed by atoms with Gasteiger partial charge in [0, 0.05) is 18.7 Å². The molecule has 3 nitrogen and oxygen atoms in total. The van der Waals surface area contributed by atoms with Gasteiger partial charge in [-0.2, -0.15) is 0 Å². The van der Waals surface area contributed by atoms with Gasteiger partial charge in [-0.15, -0.1) is 0 Å². The third-order valence-electron chi connectivity index (χ3n) is 3.74. The van der Waals surface area contributed by atoms with Crippen LogP contribution in [0, 0.1) is 5.92 Å². The highest BCUT2D eigenvalue weighted by molar-refractivity contribution is 4.86. The maximum atomic E-state index is 5.45. The summed E-state index contributed by atoms with van der Waals surface area (Å²) in [5.74, 6) is 0.773. The minimum Gasteiger partial charge on any atom is -0.380 e. The zero-order valence-electron chi connectivity index (χ0n) is 9.33. The Labute approximate surface area is 86.8 Å². The topological polar surface area (TPSA) is 24.5 Å². The van der Waals surface area contributed by atoms with Crippen LogP contribution in [0.15, 0.2) is 0 Å². The van der Waals surface area contributed by atoms with E-state index in [9.17, 15) is 0 Å². The molecule has 3 heteroatoms. The molecule has 2 heterocycles. The molecular weight excluding hydrogens is 176 g/mol. The monoisotopic (exact) mass is 198 g/mol. The summed E-state index contributed by atoms with van der Waals surface area (Å²) >= 11 is 0. The molecule has 2 rings (SSSR count). The number of hydrogen-bond acceptors (Lipinski definition) is 3. The van der Waals surface area contributed by atoms with Crippen molar-refractivity contribution in [2.24, 2.45) is 5.92 Å². The second kappa shape index (κ2) is 4.60. The molecule has 3 unspecified atom stereocenters.